The Morgan fingerprint density at radius 2 is 1.32 bits per heavy atom. The fourth-order valence-corrected chi connectivity index (χ4v) is 3.76. The molecule has 0 atom stereocenters. The molecule has 0 unspecified atom stereocenters. The van der Waals surface area contributed by atoms with Gasteiger partial charge in [-0.1, -0.05) is 36.4 Å². The second-order valence-electron chi connectivity index (χ2n) is 6.01. The molecule has 114 valence electrons. The number of hydrogen-bond donors (Lipinski definition) is 1. The van der Waals surface area contributed by atoms with E-state index in [1.807, 2.05) is 0 Å². The van der Waals surface area contributed by atoms with Crippen LogP contribution in [0.1, 0.15) is 22.3 Å². The maximum Gasteiger partial charge on any atom is -0.00186 e. The summed E-state index contributed by atoms with van der Waals surface area (Å²) in [6, 6.07) is 13.5. The molecule has 0 amide bonds. The summed E-state index contributed by atoms with van der Waals surface area (Å²) in [5, 5.41) is 8.46. The highest BCUT2D eigenvalue weighted by Gasteiger charge is 2.15. The Morgan fingerprint density at radius 3 is 2.05 bits per heavy atom. The molecule has 0 fully saturated rings. The molecule has 2 heteroatoms. The highest BCUT2D eigenvalue weighted by Crippen LogP contribution is 2.40. The Balaban J connectivity index is 0.000000882. The third-order valence-corrected chi connectivity index (χ3v) is 5.00. The van der Waals surface area contributed by atoms with E-state index in [1.54, 1.807) is 0 Å². The van der Waals surface area contributed by atoms with Gasteiger partial charge in [-0.15, -0.1) is 0 Å². The van der Waals surface area contributed by atoms with Gasteiger partial charge in [0.1, 0.15) is 0 Å². The average molecular weight is 312 g/mol. The molecule has 0 aliphatic heterocycles. The van der Waals surface area contributed by atoms with E-state index in [-0.39, 0.29) is 18.6 Å². The zero-order valence-corrected chi connectivity index (χ0v) is 14.6. The molecule has 0 aromatic heterocycles. The number of halogens is 1. The van der Waals surface area contributed by atoms with Crippen molar-refractivity contribution in [2.24, 2.45) is 0 Å². The zero-order chi connectivity index (χ0) is 14.0. The van der Waals surface area contributed by atoms with E-state index in [2.05, 4.69) is 64.1 Å². The van der Waals surface area contributed by atoms with Crippen LogP contribution in [0.2, 0.25) is 0 Å². The number of hydrogen-bond acceptors (Lipinski definition) is 0. The number of benzene rings is 4. The second-order valence-corrected chi connectivity index (χ2v) is 6.01. The van der Waals surface area contributed by atoms with Crippen molar-refractivity contribution >= 4 is 32.3 Å². The van der Waals surface area contributed by atoms with Crippen LogP contribution >= 0.6 is 0 Å². The van der Waals surface area contributed by atoms with Crippen molar-refractivity contribution in [1.29, 1.82) is 0 Å². The minimum absolute atomic E-state index is 0. The van der Waals surface area contributed by atoms with Crippen LogP contribution in [-0.4, -0.2) is 0 Å². The van der Waals surface area contributed by atoms with E-state index in [1.165, 1.54) is 54.6 Å². The quantitative estimate of drug-likeness (QED) is 0.484. The number of quaternary nitrogens is 1. The van der Waals surface area contributed by atoms with Gasteiger partial charge in [-0.25, -0.2) is 0 Å². The first-order valence-electron chi connectivity index (χ1n) is 7.23. The molecule has 0 spiro atoms. The SMILES string of the molecule is Cc1c(C)c2ccc3cccc4cc(C)c(c1C)c2c34.[Cl-].[NH4+]. The lowest BCUT2D eigenvalue weighted by Gasteiger charge is -2.19. The van der Waals surface area contributed by atoms with Gasteiger partial charge in [-0.3, -0.25) is 0 Å². The fourth-order valence-electron chi connectivity index (χ4n) is 3.76. The van der Waals surface area contributed by atoms with Crippen LogP contribution in [0.5, 0.6) is 0 Å². The maximum absolute atomic E-state index is 2.34. The molecule has 0 saturated carbocycles. The van der Waals surface area contributed by atoms with Gasteiger partial charge in [0.2, 0.25) is 0 Å². The third-order valence-electron chi connectivity index (χ3n) is 5.00. The average Bonchev–Trinajstić information content (AvgIpc) is 2.44. The summed E-state index contributed by atoms with van der Waals surface area (Å²) < 4.78 is 0. The topological polar surface area (TPSA) is 36.5 Å². The Morgan fingerprint density at radius 1 is 0.636 bits per heavy atom. The predicted octanol–water partition coefficient (Wildman–Crippen LogP) is 3.20. The molecule has 22 heavy (non-hydrogen) atoms. The van der Waals surface area contributed by atoms with Gasteiger partial charge >= 0.3 is 0 Å². The lowest BCUT2D eigenvalue weighted by Crippen LogP contribution is -3.00. The Bertz CT molecular complexity index is 986. The summed E-state index contributed by atoms with van der Waals surface area (Å²) >= 11 is 0. The van der Waals surface area contributed by atoms with Crippen molar-refractivity contribution in [3.05, 3.63) is 58.7 Å². The second kappa shape index (κ2) is 5.42. The van der Waals surface area contributed by atoms with E-state index in [4.69, 9.17) is 0 Å². The fraction of sp³-hybridized carbons (Fsp3) is 0.200. The molecule has 0 aliphatic carbocycles. The molecule has 4 rings (SSSR count). The van der Waals surface area contributed by atoms with E-state index in [9.17, 15) is 0 Å². The first-order chi connectivity index (χ1) is 9.59. The van der Waals surface area contributed by atoms with Crippen molar-refractivity contribution in [1.82, 2.24) is 6.15 Å². The Labute approximate surface area is 137 Å². The van der Waals surface area contributed by atoms with Crippen molar-refractivity contribution in [2.45, 2.75) is 27.7 Å². The smallest absolute Gasteiger partial charge is 0.00186 e. The van der Waals surface area contributed by atoms with E-state index >= 15 is 0 Å². The largest absolute Gasteiger partial charge is 1.00 e. The van der Waals surface area contributed by atoms with Gasteiger partial charge in [0.05, 0.1) is 0 Å². The van der Waals surface area contributed by atoms with E-state index < -0.39 is 0 Å². The van der Waals surface area contributed by atoms with Crippen molar-refractivity contribution in [2.75, 3.05) is 0 Å². The van der Waals surface area contributed by atoms with Gasteiger partial charge in [0.15, 0.2) is 0 Å². The predicted molar refractivity (Wildman–Crippen MR) is 95.1 cm³/mol. The van der Waals surface area contributed by atoms with Gasteiger partial charge in [0, 0.05) is 0 Å². The first kappa shape index (κ1) is 16.5. The molecular weight excluding hydrogens is 290 g/mol. The zero-order valence-electron chi connectivity index (χ0n) is 13.8. The minimum atomic E-state index is 0. The highest BCUT2D eigenvalue weighted by atomic mass is 35.5. The van der Waals surface area contributed by atoms with E-state index in [0.29, 0.717) is 0 Å². The Hall–Kier alpha value is -1.83. The summed E-state index contributed by atoms with van der Waals surface area (Å²) in [5.41, 5.74) is 5.68. The van der Waals surface area contributed by atoms with Crippen LogP contribution in [0.3, 0.4) is 0 Å². The maximum atomic E-state index is 2.34. The molecule has 1 nitrogen and oxygen atoms in total. The van der Waals surface area contributed by atoms with Crippen LogP contribution in [0.15, 0.2) is 36.4 Å². The highest BCUT2D eigenvalue weighted by molar-refractivity contribution is 6.25. The summed E-state index contributed by atoms with van der Waals surface area (Å²) in [7, 11) is 0. The standard InChI is InChI=1S/C20H18.ClH.H3N/c1-11-10-16-7-5-6-15-8-9-17-13(3)12(2)14(4)18(11)20(17)19(15)16;;/h5-10H,1-4H3;1H;1H3. The minimum Gasteiger partial charge on any atom is -1.00 e. The summed E-state index contributed by atoms with van der Waals surface area (Å²) in [6.07, 6.45) is 0. The lowest BCUT2D eigenvalue weighted by atomic mass is 9.85. The van der Waals surface area contributed by atoms with Gasteiger partial charge < -0.3 is 18.6 Å². The van der Waals surface area contributed by atoms with Crippen LogP contribution < -0.4 is 18.6 Å². The lowest BCUT2D eigenvalue weighted by molar-refractivity contribution is -0.00000450. The van der Waals surface area contributed by atoms with Gasteiger partial charge in [-0.05, 0) is 82.3 Å². The monoisotopic (exact) mass is 311 g/mol. The molecule has 0 bridgehead atoms. The molecule has 0 aliphatic rings. The molecule has 4 aromatic rings. The van der Waals surface area contributed by atoms with Crippen molar-refractivity contribution in [3.63, 3.8) is 0 Å². The molecule has 4 N–H and O–H groups in total. The third kappa shape index (κ3) is 1.89. The normalized spacial score (nSPS) is 10.9. The number of rotatable bonds is 0. The van der Waals surface area contributed by atoms with Crippen LogP contribution in [0, 0.1) is 27.7 Å². The van der Waals surface area contributed by atoms with Gasteiger partial charge in [-0.2, -0.15) is 0 Å². The Kier molecular flexibility index (Phi) is 4.08. The molecule has 0 heterocycles. The van der Waals surface area contributed by atoms with Crippen LogP contribution in [-0.2, 0) is 0 Å². The first-order valence-corrected chi connectivity index (χ1v) is 7.23. The number of aryl methyl sites for hydroxylation is 3. The van der Waals surface area contributed by atoms with Gasteiger partial charge in [0.25, 0.3) is 0 Å². The molecule has 0 radical (unpaired) electrons. The summed E-state index contributed by atoms with van der Waals surface area (Å²) in [6.45, 7) is 9.01. The van der Waals surface area contributed by atoms with E-state index in [0.717, 1.165) is 0 Å². The molecule has 0 saturated heterocycles. The summed E-state index contributed by atoms with van der Waals surface area (Å²) in [5.74, 6) is 0. The summed E-state index contributed by atoms with van der Waals surface area (Å²) in [4.78, 5) is 0. The van der Waals surface area contributed by atoms with Crippen molar-refractivity contribution < 1.29 is 12.4 Å². The molecule has 4 aromatic carbocycles. The van der Waals surface area contributed by atoms with Crippen molar-refractivity contribution in [3.8, 4) is 0 Å². The van der Waals surface area contributed by atoms with Crippen LogP contribution in [0.25, 0.3) is 32.3 Å². The molecular formula is C20H22ClN. The van der Waals surface area contributed by atoms with Crippen LogP contribution in [0.4, 0.5) is 0 Å².